The molecule has 0 spiro atoms. The van der Waals surface area contributed by atoms with Gasteiger partial charge in [-0.1, -0.05) is 27.2 Å². The molecular formula is C16H33N3O2. The number of nitrogens with zero attached hydrogens (tertiary/aromatic N) is 1. The maximum Gasteiger partial charge on any atom is 0.315 e. The minimum atomic E-state index is -0.497. The molecule has 1 heterocycles. The summed E-state index contributed by atoms with van der Waals surface area (Å²) in [5, 5.41) is 15.7. The highest BCUT2D eigenvalue weighted by molar-refractivity contribution is 5.74. The molecule has 1 aliphatic rings. The molecule has 5 nitrogen and oxygen atoms in total. The van der Waals surface area contributed by atoms with Crippen LogP contribution in [0, 0.1) is 11.8 Å². The Morgan fingerprint density at radius 2 is 1.95 bits per heavy atom. The van der Waals surface area contributed by atoms with Crippen LogP contribution in [-0.2, 0) is 0 Å². The molecule has 0 aromatic heterocycles. The Balaban J connectivity index is 2.17. The number of likely N-dealkylation sites (tertiary alicyclic amines) is 1. The topological polar surface area (TPSA) is 64.6 Å². The number of piperidine rings is 1. The first-order valence-electron chi connectivity index (χ1n) is 8.37. The van der Waals surface area contributed by atoms with Gasteiger partial charge in [0, 0.05) is 19.1 Å². The molecule has 1 rings (SSSR count). The highest BCUT2D eigenvalue weighted by Crippen LogP contribution is 2.15. The van der Waals surface area contributed by atoms with E-state index in [4.69, 9.17) is 0 Å². The molecule has 0 aromatic carbocycles. The number of hydrogen-bond acceptors (Lipinski definition) is 3. The van der Waals surface area contributed by atoms with E-state index >= 15 is 0 Å². The van der Waals surface area contributed by atoms with Gasteiger partial charge in [0.25, 0.3) is 0 Å². The summed E-state index contributed by atoms with van der Waals surface area (Å²) in [4.78, 5) is 14.1. The van der Waals surface area contributed by atoms with Crippen LogP contribution in [0.3, 0.4) is 0 Å². The minimum absolute atomic E-state index is 0.149. The Hall–Kier alpha value is -0.810. The average molecular weight is 299 g/mol. The molecule has 1 saturated heterocycles. The van der Waals surface area contributed by atoms with E-state index in [1.807, 2.05) is 6.92 Å². The van der Waals surface area contributed by atoms with Gasteiger partial charge in [0.2, 0.25) is 0 Å². The Morgan fingerprint density at radius 3 is 2.52 bits per heavy atom. The fourth-order valence-corrected chi connectivity index (χ4v) is 2.57. The van der Waals surface area contributed by atoms with Gasteiger partial charge in [-0.25, -0.2) is 4.79 Å². The number of aliphatic hydroxyl groups excluding tert-OH is 1. The fourth-order valence-electron chi connectivity index (χ4n) is 2.57. The lowest BCUT2D eigenvalue weighted by Crippen LogP contribution is -2.48. The zero-order valence-electron chi connectivity index (χ0n) is 14.1. The molecule has 3 unspecified atom stereocenters. The molecule has 3 atom stereocenters. The summed E-state index contributed by atoms with van der Waals surface area (Å²) in [5.41, 5.74) is 0. The van der Waals surface area contributed by atoms with Crippen molar-refractivity contribution in [3.05, 3.63) is 0 Å². The van der Waals surface area contributed by atoms with Crippen LogP contribution < -0.4 is 10.6 Å². The van der Waals surface area contributed by atoms with Gasteiger partial charge in [0.15, 0.2) is 0 Å². The van der Waals surface area contributed by atoms with E-state index in [1.54, 1.807) is 0 Å². The minimum Gasteiger partial charge on any atom is -0.390 e. The molecule has 1 aliphatic heterocycles. The van der Waals surface area contributed by atoms with E-state index in [-0.39, 0.29) is 12.1 Å². The first-order valence-corrected chi connectivity index (χ1v) is 8.37. The molecule has 5 heteroatoms. The second kappa shape index (κ2) is 9.26. The van der Waals surface area contributed by atoms with E-state index in [2.05, 4.69) is 36.3 Å². The third kappa shape index (κ3) is 7.14. The summed E-state index contributed by atoms with van der Waals surface area (Å²) in [6, 6.07) is -0.0372. The van der Waals surface area contributed by atoms with Crippen molar-refractivity contribution < 1.29 is 9.90 Å². The molecule has 0 bridgehead atoms. The number of rotatable bonds is 7. The van der Waals surface area contributed by atoms with E-state index in [0.717, 1.165) is 25.4 Å². The van der Waals surface area contributed by atoms with Crippen molar-refractivity contribution in [3.63, 3.8) is 0 Å². The van der Waals surface area contributed by atoms with Crippen molar-refractivity contribution in [1.29, 1.82) is 0 Å². The Kier molecular flexibility index (Phi) is 8.04. The van der Waals surface area contributed by atoms with Crippen LogP contribution in [0.15, 0.2) is 0 Å². The number of carbonyl (C=O) groups is 1. The first kappa shape index (κ1) is 18.2. The van der Waals surface area contributed by atoms with Crippen molar-refractivity contribution in [2.45, 2.75) is 59.1 Å². The zero-order chi connectivity index (χ0) is 15.8. The molecule has 0 saturated carbocycles. The summed E-state index contributed by atoms with van der Waals surface area (Å²) < 4.78 is 0. The zero-order valence-corrected chi connectivity index (χ0v) is 14.1. The van der Waals surface area contributed by atoms with E-state index in [9.17, 15) is 9.90 Å². The fraction of sp³-hybridized carbons (Fsp3) is 0.938. The Bertz CT molecular complexity index is 304. The normalized spacial score (nSPS) is 21.6. The van der Waals surface area contributed by atoms with Crippen LogP contribution in [0.2, 0.25) is 0 Å². The molecule has 21 heavy (non-hydrogen) atoms. The van der Waals surface area contributed by atoms with Gasteiger partial charge in [-0.3, -0.25) is 0 Å². The SMILES string of the molecule is CCC(C)C(C)NC(=O)NCC(O)CN1CCC(C)CC1. The Labute approximate surface area is 129 Å². The number of urea groups is 1. The van der Waals surface area contributed by atoms with Crippen molar-refractivity contribution in [2.24, 2.45) is 11.8 Å². The van der Waals surface area contributed by atoms with E-state index < -0.39 is 6.10 Å². The summed E-state index contributed by atoms with van der Waals surface area (Å²) in [7, 11) is 0. The molecule has 0 aliphatic carbocycles. The maximum atomic E-state index is 11.8. The summed E-state index contributed by atoms with van der Waals surface area (Å²) in [6.45, 7) is 11.6. The molecule has 0 radical (unpaired) electrons. The third-order valence-corrected chi connectivity index (χ3v) is 4.70. The second-order valence-corrected chi connectivity index (χ2v) is 6.67. The second-order valence-electron chi connectivity index (χ2n) is 6.67. The lowest BCUT2D eigenvalue weighted by atomic mass is 9.99. The maximum absolute atomic E-state index is 11.8. The van der Waals surface area contributed by atoms with Gasteiger partial charge in [-0.05, 0) is 44.7 Å². The van der Waals surface area contributed by atoms with Gasteiger partial charge in [0.1, 0.15) is 0 Å². The first-order chi connectivity index (χ1) is 9.92. The van der Waals surface area contributed by atoms with Gasteiger partial charge < -0.3 is 20.6 Å². The van der Waals surface area contributed by atoms with Gasteiger partial charge in [-0.2, -0.15) is 0 Å². The molecule has 3 N–H and O–H groups in total. The van der Waals surface area contributed by atoms with Crippen molar-refractivity contribution in [2.75, 3.05) is 26.2 Å². The highest BCUT2D eigenvalue weighted by Gasteiger charge is 2.19. The van der Waals surface area contributed by atoms with Crippen LogP contribution in [0.25, 0.3) is 0 Å². The summed E-state index contributed by atoms with van der Waals surface area (Å²) in [6.07, 6.45) is 2.94. The van der Waals surface area contributed by atoms with Crippen LogP contribution in [0.4, 0.5) is 4.79 Å². The molecule has 124 valence electrons. The predicted molar refractivity (Wildman–Crippen MR) is 86.3 cm³/mol. The van der Waals surface area contributed by atoms with Gasteiger partial charge >= 0.3 is 6.03 Å². The smallest absolute Gasteiger partial charge is 0.315 e. The predicted octanol–water partition coefficient (Wildman–Crippen LogP) is 1.81. The van der Waals surface area contributed by atoms with Crippen LogP contribution >= 0.6 is 0 Å². The van der Waals surface area contributed by atoms with Crippen molar-refractivity contribution in [3.8, 4) is 0 Å². The number of amides is 2. The molecule has 2 amide bonds. The van der Waals surface area contributed by atoms with Crippen LogP contribution in [0.5, 0.6) is 0 Å². The van der Waals surface area contributed by atoms with Gasteiger partial charge in [0.05, 0.1) is 6.10 Å². The number of aliphatic hydroxyl groups is 1. The van der Waals surface area contributed by atoms with Crippen molar-refractivity contribution >= 4 is 6.03 Å². The largest absolute Gasteiger partial charge is 0.390 e. The van der Waals surface area contributed by atoms with Gasteiger partial charge in [-0.15, -0.1) is 0 Å². The lowest BCUT2D eigenvalue weighted by molar-refractivity contribution is 0.0918. The number of hydrogen-bond donors (Lipinski definition) is 3. The molecule has 1 fully saturated rings. The lowest BCUT2D eigenvalue weighted by Gasteiger charge is -2.31. The summed E-state index contributed by atoms with van der Waals surface area (Å²) in [5.74, 6) is 1.25. The number of β-amino-alcohol motifs (C(OH)–C–C–N with tert-alkyl or cyclic N) is 1. The van der Waals surface area contributed by atoms with Crippen molar-refractivity contribution in [1.82, 2.24) is 15.5 Å². The monoisotopic (exact) mass is 299 g/mol. The van der Waals surface area contributed by atoms with E-state index in [1.165, 1.54) is 12.8 Å². The third-order valence-electron chi connectivity index (χ3n) is 4.70. The summed E-state index contributed by atoms with van der Waals surface area (Å²) >= 11 is 0. The number of carbonyl (C=O) groups excluding carboxylic acids is 1. The quantitative estimate of drug-likeness (QED) is 0.672. The van der Waals surface area contributed by atoms with Crippen LogP contribution in [-0.4, -0.2) is 54.4 Å². The average Bonchev–Trinajstić information content (AvgIpc) is 2.46. The highest BCUT2D eigenvalue weighted by atomic mass is 16.3. The van der Waals surface area contributed by atoms with Crippen LogP contribution in [0.1, 0.15) is 47.0 Å². The number of nitrogens with one attached hydrogen (secondary N) is 2. The standard InChI is InChI=1S/C16H33N3O2/c1-5-13(3)14(4)18-16(21)17-10-15(20)11-19-8-6-12(2)7-9-19/h12-15,20H,5-11H2,1-4H3,(H2,17,18,21). The Morgan fingerprint density at radius 1 is 1.33 bits per heavy atom. The molecular weight excluding hydrogens is 266 g/mol. The van der Waals surface area contributed by atoms with E-state index in [0.29, 0.717) is 19.0 Å². The molecule has 0 aromatic rings.